The molecule has 0 aliphatic carbocycles. The first kappa shape index (κ1) is 15.1. The van der Waals surface area contributed by atoms with E-state index < -0.39 is 4.92 Å². The SMILES string of the molecule is COc1cc(Br)cc(Nc2cccc(NN)c2[N+](=O)[O-])c1. The molecule has 0 amide bonds. The van der Waals surface area contributed by atoms with E-state index in [0.29, 0.717) is 17.1 Å². The van der Waals surface area contributed by atoms with Crippen molar-refractivity contribution in [1.29, 1.82) is 0 Å². The molecule has 110 valence electrons. The molecule has 0 aliphatic heterocycles. The van der Waals surface area contributed by atoms with Crippen molar-refractivity contribution in [2.24, 2.45) is 5.84 Å². The Morgan fingerprint density at radius 1 is 1.29 bits per heavy atom. The minimum absolute atomic E-state index is 0.126. The molecule has 2 aromatic rings. The van der Waals surface area contributed by atoms with Gasteiger partial charge >= 0.3 is 5.69 Å². The molecule has 0 heterocycles. The summed E-state index contributed by atoms with van der Waals surface area (Å²) < 4.78 is 5.95. The molecule has 2 rings (SSSR count). The number of hydrazine groups is 1. The summed E-state index contributed by atoms with van der Waals surface area (Å²) in [6.45, 7) is 0. The summed E-state index contributed by atoms with van der Waals surface area (Å²) in [5.74, 6) is 5.94. The van der Waals surface area contributed by atoms with Gasteiger partial charge in [0.1, 0.15) is 17.1 Å². The summed E-state index contributed by atoms with van der Waals surface area (Å²) in [6.07, 6.45) is 0. The number of nitrogens with two attached hydrogens (primary N) is 1. The summed E-state index contributed by atoms with van der Waals surface area (Å²) in [6, 6.07) is 10.1. The van der Waals surface area contributed by atoms with Crippen molar-refractivity contribution in [3.05, 3.63) is 51.0 Å². The maximum absolute atomic E-state index is 11.2. The van der Waals surface area contributed by atoms with Crippen LogP contribution < -0.4 is 21.3 Å². The molecule has 0 aromatic heterocycles. The predicted octanol–water partition coefficient (Wildman–Crippen LogP) is 3.40. The Morgan fingerprint density at radius 2 is 2.00 bits per heavy atom. The fraction of sp³-hybridized carbons (Fsp3) is 0.0769. The summed E-state index contributed by atoms with van der Waals surface area (Å²) in [5.41, 5.74) is 3.40. The van der Waals surface area contributed by atoms with E-state index in [2.05, 4.69) is 26.7 Å². The zero-order valence-corrected chi connectivity index (χ0v) is 12.7. The highest BCUT2D eigenvalue weighted by atomic mass is 79.9. The number of nitro benzene ring substituents is 1. The van der Waals surface area contributed by atoms with E-state index in [1.165, 1.54) is 6.07 Å². The highest BCUT2D eigenvalue weighted by molar-refractivity contribution is 9.10. The van der Waals surface area contributed by atoms with Crippen molar-refractivity contribution >= 4 is 38.7 Å². The summed E-state index contributed by atoms with van der Waals surface area (Å²) in [4.78, 5) is 10.7. The lowest BCUT2D eigenvalue weighted by Gasteiger charge is -2.11. The van der Waals surface area contributed by atoms with Gasteiger partial charge in [-0.05, 0) is 24.3 Å². The average molecular weight is 353 g/mol. The number of hydrogen-bond donors (Lipinski definition) is 3. The number of nitro groups is 1. The number of para-hydroxylation sites is 1. The van der Waals surface area contributed by atoms with Crippen LogP contribution in [0.4, 0.5) is 22.7 Å². The number of nitrogen functional groups attached to an aromatic ring is 1. The van der Waals surface area contributed by atoms with E-state index >= 15 is 0 Å². The van der Waals surface area contributed by atoms with Crippen LogP contribution in [0, 0.1) is 10.1 Å². The number of rotatable bonds is 5. The van der Waals surface area contributed by atoms with E-state index in [0.717, 1.165) is 4.47 Å². The van der Waals surface area contributed by atoms with Gasteiger partial charge in [-0.3, -0.25) is 16.0 Å². The maximum atomic E-state index is 11.2. The second kappa shape index (κ2) is 6.42. The van der Waals surface area contributed by atoms with Gasteiger partial charge in [-0.2, -0.15) is 0 Å². The number of nitrogens with zero attached hydrogens (tertiary/aromatic N) is 1. The number of halogens is 1. The van der Waals surface area contributed by atoms with E-state index in [-0.39, 0.29) is 11.4 Å². The molecule has 8 heteroatoms. The van der Waals surface area contributed by atoms with Crippen molar-refractivity contribution in [3.8, 4) is 5.75 Å². The first-order chi connectivity index (χ1) is 10.0. The second-order valence-corrected chi connectivity index (χ2v) is 5.02. The molecular formula is C13H13BrN4O3. The highest BCUT2D eigenvalue weighted by Crippen LogP contribution is 2.35. The topological polar surface area (TPSA) is 102 Å². The summed E-state index contributed by atoms with van der Waals surface area (Å²) in [7, 11) is 1.55. The average Bonchev–Trinajstić information content (AvgIpc) is 2.45. The van der Waals surface area contributed by atoms with Crippen molar-refractivity contribution in [2.75, 3.05) is 17.9 Å². The fourth-order valence-electron chi connectivity index (χ4n) is 1.87. The summed E-state index contributed by atoms with van der Waals surface area (Å²) >= 11 is 3.36. The van der Waals surface area contributed by atoms with Crippen molar-refractivity contribution in [1.82, 2.24) is 0 Å². The second-order valence-electron chi connectivity index (χ2n) is 4.11. The van der Waals surface area contributed by atoms with Crippen molar-refractivity contribution in [2.45, 2.75) is 0 Å². The van der Waals surface area contributed by atoms with E-state index in [1.807, 2.05) is 0 Å². The van der Waals surface area contributed by atoms with Gasteiger partial charge < -0.3 is 15.5 Å². The Labute approximate surface area is 129 Å². The van der Waals surface area contributed by atoms with Crippen LogP contribution in [0.25, 0.3) is 0 Å². The number of ether oxygens (including phenoxy) is 1. The molecule has 4 N–H and O–H groups in total. The Morgan fingerprint density at radius 3 is 2.62 bits per heavy atom. The van der Waals surface area contributed by atoms with Gasteiger partial charge in [0.25, 0.3) is 0 Å². The zero-order chi connectivity index (χ0) is 15.4. The number of hydrogen-bond acceptors (Lipinski definition) is 6. The minimum Gasteiger partial charge on any atom is -0.497 e. The Kier molecular flexibility index (Phi) is 4.61. The van der Waals surface area contributed by atoms with Gasteiger partial charge in [-0.15, -0.1) is 0 Å². The smallest absolute Gasteiger partial charge is 0.316 e. The minimum atomic E-state index is -0.493. The first-order valence-corrected chi connectivity index (χ1v) is 6.70. The van der Waals surface area contributed by atoms with Crippen LogP contribution >= 0.6 is 15.9 Å². The molecular weight excluding hydrogens is 340 g/mol. The first-order valence-electron chi connectivity index (χ1n) is 5.90. The fourth-order valence-corrected chi connectivity index (χ4v) is 2.34. The Hall–Kier alpha value is -2.32. The van der Waals surface area contributed by atoms with E-state index in [4.69, 9.17) is 10.6 Å². The molecule has 0 saturated heterocycles. The van der Waals surface area contributed by atoms with Gasteiger partial charge in [-0.25, -0.2) is 0 Å². The molecule has 0 bridgehead atoms. The van der Waals surface area contributed by atoms with Gasteiger partial charge in [0.15, 0.2) is 0 Å². The Balaban J connectivity index is 2.44. The highest BCUT2D eigenvalue weighted by Gasteiger charge is 2.19. The molecule has 7 nitrogen and oxygen atoms in total. The third-order valence-electron chi connectivity index (χ3n) is 2.76. The van der Waals surface area contributed by atoms with Crippen LogP contribution in [0.3, 0.4) is 0 Å². The molecule has 2 aromatic carbocycles. The number of anilines is 3. The molecule has 21 heavy (non-hydrogen) atoms. The molecule has 0 unspecified atom stereocenters. The van der Waals surface area contributed by atoms with Gasteiger partial charge in [0.2, 0.25) is 0 Å². The van der Waals surface area contributed by atoms with Crippen LogP contribution in [0.15, 0.2) is 40.9 Å². The quantitative estimate of drug-likeness (QED) is 0.433. The third kappa shape index (κ3) is 3.41. The van der Waals surface area contributed by atoms with Gasteiger partial charge in [0.05, 0.1) is 12.0 Å². The molecule has 0 spiro atoms. The van der Waals surface area contributed by atoms with Crippen LogP contribution in [-0.4, -0.2) is 12.0 Å². The molecule has 0 radical (unpaired) electrons. The molecule has 0 aliphatic rings. The van der Waals surface area contributed by atoms with Gasteiger partial charge in [0, 0.05) is 16.2 Å². The number of nitrogens with one attached hydrogen (secondary N) is 2. The zero-order valence-electron chi connectivity index (χ0n) is 11.1. The van der Waals surface area contributed by atoms with E-state index in [1.54, 1.807) is 37.4 Å². The van der Waals surface area contributed by atoms with Crippen LogP contribution in [0.1, 0.15) is 0 Å². The maximum Gasteiger partial charge on any atom is 0.316 e. The number of benzene rings is 2. The van der Waals surface area contributed by atoms with Crippen LogP contribution in [0.2, 0.25) is 0 Å². The molecule has 0 atom stereocenters. The monoisotopic (exact) mass is 352 g/mol. The molecule has 0 saturated carbocycles. The van der Waals surface area contributed by atoms with Crippen LogP contribution in [-0.2, 0) is 0 Å². The Bertz CT molecular complexity index is 678. The number of methoxy groups -OCH3 is 1. The lowest BCUT2D eigenvalue weighted by atomic mass is 10.2. The van der Waals surface area contributed by atoms with Gasteiger partial charge in [-0.1, -0.05) is 22.0 Å². The normalized spacial score (nSPS) is 10.0. The largest absolute Gasteiger partial charge is 0.497 e. The van der Waals surface area contributed by atoms with Crippen LogP contribution in [0.5, 0.6) is 5.75 Å². The lowest BCUT2D eigenvalue weighted by molar-refractivity contribution is -0.383. The predicted molar refractivity (Wildman–Crippen MR) is 84.9 cm³/mol. The van der Waals surface area contributed by atoms with E-state index in [9.17, 15) is 10.1 Å². The molecule has 0 fully saturated rings. The van der Waals surface area contributed by atoms with Crippen molar-refractivity contribution < 1.29 is 9.66 Å². The third-order valence-corrected chi connectivity index (χ3v) is 3.22. The lowest BCUT2D eigenvalue weighted by Crippen LogP contribution is -2.10. The summed E-state index contributed by atoms with van der Waals surface area (Å²) in [5, 5.41) is 14.2. The van der Waals surface area contributed by atoms with Crippen molar-refractivity contribution in [3.63, 3.8) is 0 Å². The standard InChI is InChI=1S/C13H13BrN4O3/c1-21-10-6-8(14)5-9(7-10)16-11-3-2-4-12(17-15)13(11)18(19)20/h2-7,16-17H,15H2,1H3.